The van der Waals surface area contributed by atoms with E-state index >= 15 is 0 Å². The second-order valence-electron chi connectivity index (χ2n) is 5.98. The summed E-state index contributed by atoms with van der Waals surface area (Å²) in [7, 11) is 0. The molecule has 0 bridgehead atoms. The molecule has 1 heterocycles. The Morgan fingerprint density at radius 1 is 0.909 bits per heavy atom. The normalized spacial score (nSPS) is 11.9. The van der Waals surface area contributed by atoms with Crippen LogP contribution in [0.1, 0.15) is 26.3 Å². The summed E-state index contributed by atoms with van der Waals surface area (Å²) in [4.78, 5) is 0. The van der Waals surface area contributed by atoms with Crippen LogP contribution in [0, 0.1) is 0 Å². The number of allylic oxidation sites excluding steroid dienone is 5. The zero-order valence-corrected chi connectivity index (χ0v) is 14.1. The van der Waals surface area contributed by atoms with Crippen LogP contribution >= 0.6 is 11.3 Å². The first-order chi connectivity index (χ1) is 10.5. The Bertz CT molecular complexity index is 915. The van der Waals surface area contributed by atoms with Crippen LogP contribution in [0.5, 0.6) is 0 Å². The van der Waals surface area contributed by atoms with Crippen molar-refractivity contribution >= 4 is 37.1 Å². The van der Waals surface area contributed by atoms with Crippen LogP contribution in [0.4, 0.5) is 0 Å². The van der Waals surface area contributed by atoms with Crippen LogP contribution in [0.15, 0.2) is 72.3 Å². The summed E-state index contributed by atoms with van der Waals surface area (Å²) in [5.74, 6) is 0. The maximum absolute atomic E-state index is 4.03. The third-order valence-corrected chi connectivity index (χ3v) is 4.71. The number of fused-ring (bicyclic) bond motifs is 3. The molecule has 1 aromatic heterocycles. The van der Waals surface area contributed by atoms with E-state index in [4.69, 9.17) is 0 Å². The first kappa shape index (κ1) is 14.8. The van der Waals surface area contributed by atoms with Gasteiger partial charge in [0.2, 0.25) is 0 Å². The van der Waals surface area contributed by atoms with E-state index in [0.717, 1.165) is 5.57 Å². The molecule has 0 radical (unpaired) electrons. The van der Waals surface area contributed by atoms with Crippen LogP contribution in [0.2, 0.25) is 0 Å². The van der Waals surface area contributed by atoms with Crippen molar-refractivity contribution in [3.05, 3.63) is 77.9 Å². The molecule has 0 amide bonds. The van der Waals surface area contributed by atoms with Crippen molar-refractivity contribution in [1.82, 2.24) is 0 Å². The van der Waals surface area contributed by atoms with E-state index in [2.05, 4.69) is 75.0 Å². The molecular weight excluding hydrogens is 284 g/mol. The molecule has 0 saturated carbocycles. The van der Waals surface area contributed by atoms with E-state index in [0.29, 0.717) is 0 Å². The highest BCUT2D eigenvalue weighted by Crippen LogP contribution is 2.35. The molecule has 0 nitrogen and oxygen atoms in total. The largest absolute Gasteiger partial charge is 0.135 e. The van der Waals surface area contributed by atoms with Crippen molar-refractivity contribution in [2.75, 3.05) is 0 Å². The second kappa shape index (κ2) is 5.94. The van der Waals surface area contributed by atoms with Gasteiger partial charge >= 0.3 is 0 Å². The number of hydrogen-bond donors (Lipinski definition) is 0. The quantitative estimate of drug-likeness (QED) is 0.458. The molecule has 3 rings (SSSR count). The summed E-state index contributed by atoms with van der Waals surface area (Å²) in [6, 6.07) is 15.4. The van der Waals surface area contributed by atoms with Gasteiger partial charge in [-0.25, -0.2) is 0 Å². The van der Waals surface area contributed by atoms with Crippen LogP contribution in [-0.4, -0.2) is 0 Å². The lowest BCUT2D eigenvalue weighted by atomic mass is 9.99. The van der Waals surface area contributed by atoms with Gasteiger partial charge in [-0.3, -0.25) is 0 Å². The highest BCUT2D eigenvalue weighted by Gasteiger charge is 2.07. The van der Waals surface area contributed by atoms with Gasteiger partial charge in [0.25, 0.3) is 0 Å². The topological polar surface area (TPSA) is 0 Å². The minimum Gasteiger partial charge on any atom is -0.135 e. The molecule has 0 aliphatic heterocycles. The minimum absolute atomic E-state index is 1.07. The highest BCUT2D eigenvalue weighted by molar-refractivity contribution is 7.25. The molecule has 110 valence electrons. The predicted molar refractivity (Wildman–Crippen MR) is 102 cm³/mol. The van der Waals surface area contributed by atoms with E-state index in [1.54, 1.807) is 0 Å². The smallest absolute Gasteiger partial charge is 0.0355 e. The molecule has 2 aromatic carbocycles. The molecule has 1 heteroatoms. The molecule has 0 N–H and O–H groups in total. The average Bonchev–Trinajstić information content (AvgIpc) is 2.83. The van der Waals surface area contributed by atoms with Crippen LogP contribution < -0.4 is 0 Å². The second-order valence-corrected chi connectivity index (χ2v) is 7.06. The van der Waals surface area contributed by atoms with Crippen molar-refractivity contribution in [2.24, 2.45) is 0 Å². The van der Waals surface area contributed by atoms with Gasteiger partial charge in [-0.2, -0.15) is 0 Å². The van der Waals surface area contributed by atoms with Crippen molar-refractivity contribution < 1.29 is 0 Å². The maximum atomic E-state index is 4.03. The standard InChI is InChI=1S/C21H20S/c1-14(2)11-17(12-15(3)4)16-9-10-21-19(13-16)18-7-5-6-8-20(18)22-21/h5-13H,1H2,2-4H3/b17-11+. The minimum atomic E-state index is 1.07. The van der Waals surface area contributed by atoms with Gasteiger partial charge in [-0.1, -0.05) is 54.1 Å². The highest BCUT2D eigenvalue weighted by atomic mass is 32.1. The lowest BCUT2D eigenvalue weighted by Crippen LogP contribution is -1.83. The molecule has 0 unspecified atom stereocenters. The Morgan fingerprint density at radius 2 is 1.64 bits per heavy atom. The first-order valence-corrected chi connectivity index (χ1v) is 8.30. The Kier molecular flexibility index (Phi) is 4.00. The number of rotatable bonds is 3. The maximum Gasteiger partial charge on any atom is 0.0355 e. The summed E-state index contributed by atoms with van der Waals surface area (Å²) >= 11 is 1.86. The third kappa shape index (κ3) is 2.90. The molecule has 22 heavy (non-hydrogen) atoms. The van der Waals surface area contributed by atoms with E-state index in [9.17, 15) is 0 Å². The van der Waals surface area contributed by atoms with Crippen molar-refractivity contribution in [3.8, 4) is 0 Å². The zero-order valence-electron chi connectivity index (χ0n) is 13.3. The van der Waals surface area contributed by atoms with Gasteiger partial charge in [0.1, 0.15) is 0 Å². The average molecular weight is 304 g/mol. The molecule has 0 saturated heterocycles. The molecule has 0 aliphatic rings. The number of hydrogen-bond acceptors (Lipinski definition) is 1. The lowest BCUT2D eigenvalue weighted by Gasteiger charge is -2.05. The summed E-state index contributed by atoms with van der Waals surface area (Å²) in [5.41, 5.74) is 4.84. The van der Waals surface area contributed by atoms with E-state index in [1.807, 2.05) is 18.3 Å². The Hall–Kier alpha value is -2.12. The Balaban J connectivity index is 2.24. The fraction of sp³-hybridized carbons (Fsp3) is 0.143. The summed E-state index contributed by atoms with van der Waals surface area (Å²) in [6.07, 6.45) is 4.38. The first-order valence-electron chi connectivity index (χ1n) is 7.48. The molecule has 0 fully saturated rings. The van der Waals surface area contributed by atoms with Crippen molar-refractivity contribution in [3.63, 3.8) is 0 Å². The number of thiophene rings is 1. The monoisotopic (exact) mass is 304 g/mol. The van der Waals surface area contributed by atoms with Gasteiger partial charge < -0.3 is 0 Å². The van der Waals surface area contributed by atoms with Gasteiger partial charge in [0.15, 0.2) is 0 Å². The Labute approximate surface area is 136 Å². The fourth-order valence-corrected chi connectivity index (χ4v) is 3.78. The van der Waals surface area contributed by atoms with Gasteiger partial charge in [-0.05, 0) is 50.1 Å². The van der Waals surface area contributed by atoms with E-state index in [1.165, 1.54) is 36.9 Å². The number of benzene rings is 2. The van der Waals surface area contributed by atoms with Crippen LogP contribution in [-0.2, 0) is 0 Å². The van der Waals surface area contributed by atoms with Crippen molar-refractivity contribution in [1.29, 1.82) is 0 Å². The zero-order chi connectivity index (χ0) is 15.7. The third-order valence-electron chi connectivity index (χ3n) is 3.56. The predicted octanol–water partition coefficient (Wildman–Crippen LogP) is 6.98. The van der Waals surface area contributed by atoms with Gasteiger partial charge in [-0.15, -0.1) is 11.3 Å². The van der Waals surface area contributed by atoms with E-state index < -0.39 is 0 Å². The molecule has 3 aromatic rings. The van der Waals surface area contributed by atoms with E-state index in [-0.39, 0.29) is 0 Å². The summed E-state index contributed by atoms with van der Waals surface area (Å²) in [6.45, 7) is 10.3. The SMILES string of the molecule is C=C(C)/C=C(\C=C(C)C)c1ccc2sc3ccccc3c2c1. The van der Waals surface area contributed by atoms with Crippen LogP contribution in [0.25, 0.3) is 25.7 Å². The molecule has 0 aliphatic carbocycles. The summed E-state index contributed by atoms with van der Waals surface area (Å²) in [5, 5.41) is 2.68. The lowest BCUT2D eigenvalue weighted by molar-refractivity contribution is 1.39. The van der Waals surface area contributed by atoms with Gasteiger partial charge in [0.05, 0.1) is 0 Å². The summed E-state index contributed by atoms with van der Waals surface area (Å²) < 4.78 is 2.69. The van der Waals surface area contributed by atoms with Gasteiger partial charge in [0, 0.05) is 20.2 Å². The Morgan fingerprint density at radius 3 is 2.36 bits per heavy atom. The molecule has 0 spiro atoms. The van der Waals surface area contributed by atoms with Crippen molar-refractivity contribution in [2.45, 2.75) is 20.8 Å². The molecule has 0 atom stereocenters. The molecular formula is C21H20S. The van der Waals surface area contributed by atoms with Crippen LogP contribution in [0.3, 0.4) is 0 Å². The fourth-order valence-electron chi connectivity index (χ4n) is 2.69.